The molecule has 0 spiro atoms. The standard InChI is InChI=1S/C14H26O/c1-5-12-10(4)13-6-11(12)7-14(13)15-8-9(2)3/h9-14H,5-8H2,1-4H3. The van der Waals surface area contributed by atoms with Crippen molar-refractivity contribution >= 4 is 0 Å². The van der Waals surface area contributed by atoms with Gasteiger partial charge in [0, 0.05) is 6.61 Å². The average molecular weight is 210 g/mol. The Morgan fingerprint density at radius 2 is 2.00 bits per heavy atom. The Morgan fingerprint density at radius 1 is 1.27 bits per heavy atom. The van der Waals surface area contributed by atoms with Crippen LogP contribution in [0.2, 0.25) is 0 Å². The first-order chi connectivity index (χ1) is 7.13. The van der Waals surface area contributed by atoms with Gasteiger partial charge in [-0.25, -0.2) is 0 Å². The molecule has 1 heteroatoms. The van der Waals surface area contributed by atoms with Gasteiger partial charge in [0.2, 0.25) is 0 Å². The molecule has 2 rings (SSSR count). The third-order valence-electron chi connectivity index (χ3n) is 4.66. The highest BCUT2D eigenvalue weighted by atomic mass is 16.5. The smallest absolute Gasteiger partial charge is 0.0608 e. The Morgan fingerprint density at radius 3 is 2.53 bits per heavy atom. The predicted molar refractivity (Wildman–Crippen MR) is 63.7 cm³/mol. The van der Waals surface area contributed by atoms with Crippen molar-refractivity contribution in [3.05, 3.63) is 0 Å². The Kier molecular flexibility index (Phi) is 3.39. The summed E-state index contributed by atoms with van der Waals surface area (Å²) in [6.07, 6.45) is 4.76. The van der Waals surface area contributed by atoms with E-state index in [1.165, 1.54) is 19.3 Å². The molecule has 0 amide bonds. The van der Waals surface area contributed by atoms with E-state index >= 15 is 0 Å². The number of hydrogen-bond acceptors (Lipinski definition) is 1. The summed E-state index contributed by atoms with van der Waals surface area (Å²) >= 11 is 0. The summed E-state index contributed by atoms with van der Waals surface area (Å²) in [5, 5.41) is 0. The average Bonchev–Trinajstić information content (AvgIpc) is 2.71. The monoisotopic (exact) mass is 210 g/mol. The van der Waals surface area contributed by atoms with Crippen LogP contribution in [0.4, 0.5) is 0 Å². The second-order valence-electron chi connectivity index (χ2n) is 6.09. The van der Waals surface area contributed by atoms with E-state index in [1.54, 1.807) is 0 Å². The minimum atomic E-state index is 0.593. The summed E-state index contributed by atoms with van der Waals surface area (Å²) in [5.41, 5.74) is 0. The zero-order valence-electron chi connectivity index (χ0n) is 10.7. The number of hydrogen-bond donors (Lipinski definition) is 0. The van der Waals surface area contributed by atoms with Crippen molar-refractivity contribution in [3.63, 3.8) is 0 Å². The van der Waals surface area contributed by atoms with Gasteiger partial charge in [0.15, 0.2) is 0 Å². The summed E-state index contributed by atoms with van der Waals surface area (Å²) in [6.45, 7) is 10.2. The van der Waals surface area contributed by atoms with Gasteiger partial charge in [0.05, 0.1) is 6.10 Å². The summed E-state index contributed by atoms with van der Waals surface area (Å²) in [5.74, 6) is 4.44. The minimum absolute atomic E-state index is 0.593. The predicted octanol–water partition coefficient (Wildman–Crippen LogP) is 3.73. The van der Waals surface area contributed by atoms with Gasteiger partial charge in [0.25, 0.3) is 0 Å². The highest BCUT2D eigenvalue weighted by Gasteiger charge is 2.50. The van der Waals surface area contributed by atoms with Crippen LogP contribution >= 0.6 is 0 Å². The molecule has 5 atom stereocenters. The maximum Gasteiger partial charge on any atom is 0.0608 e. The van der Waals surface area contributed by atoms with Crippen molar-refractivity contribution in [2.45, 2.75) is 53.1 Å². The van der Waals surface area contributed by atoms with Gasteiger partial charge in [0.1, 0.15) is 0 Å². The summed E-state index contributed by atoms with van der Waals surface area (Å²) in [4.78, 5) is 0. The van der Waals surface area contributed by atoms with Crippen LogP contribution < -0.4 is 0 Å². The molecule has 2 aliphatic rings. The second-order valence-corrected chi connectivity index (χ2v) is 6.09. The molecule has 0 heterocycles. The Bertz CT molecular complexity index is 209. The van der Waals surface area contributed by atoms with Crippen LogP contribution in [-0.4, -0.2) is 12.7 Å². The molecule has 0 N–H and O–H groups in total. The second kappa shape index (κ2) is 4.45. The molecule has 15 heavy (non-hydrogen) atoms. The zero-order valence-corrected chi connectivity index (χ0v) is 10.7. The fourth-order valence-electron chi connectivity index (χ4n) is 3.93. The number of fused-ring (bicyclic) bond motifs is 2. The van der Waals surface area contributed by atoms with E-state index < -0.39 is 0 Å². The summed E-state index contributed by atoms with van der Waals surface area (Å²) in [6, 6.07) is 0. The van der Waals surface area contributed by atoms with E-state index in [2.05, 4.69) is 27.7 Å². The first-order valence-electron chi connectivity index (χ1n) is 6.75. The molecule has 2 fully saturated rings. The van der Waals surface area contributed by atoms with Gasteiger partial charge >= 0.3 is 0 Å². The first-order valence-corrected chi connectivity index (χ1v) is 6.75. The van der Waals surface area contributed by atoms with E-state index in [1.807, 2.05) is 0 Å². The molecule has 0 aromatic carbocycles. The maximum absolute atomic E-state index is 6.06. The molecule has 2 aliphatic carbocycles. The zero-order chi connectivity index (χ0) is 11.0. The molecule has 0 saturated heterocycles. The van der Waals surface area contributed by atoms with Crippen molar-refractivity contribution in [1.29, 1.82) is 0 Å². The molecular formula is C14H26O. The Balaban J connectivity index is 1.88. The maximum atomic E-state index is 6.06. The quantitative estimate of drug-likeness (QED) is 0.687. The largest absolute Gasteiger partial charge is 0.378 e. The Hall–Kier alpha value is -0.0400. The van der Waals surface area contributed by atoms with Crippen LogP contribution in [0, 0.1) is 29.6 Å². The lowest BCUT2D eigenvalue weighted by molar-refractivity contribution is -0.0236. The van der Waals surface area contributed by atoms with Gasteiger partial charge in [-0.05, 0) is 42.4 Å². The normalized spacial score (nSPS) is 44.2. The van der Waals surface area contributed by atoms with Gasteiger partial charge < -0.3 is 4.74 Å². The van der Waals surface area contributed by atoms with Gasteiger partial charge in [-0.1, -0.05) is 34.1 Å². The fraction of sp³-hybridized carbons (Fsp3) is 1.00. The van der Waals surface area contributed by atoms with E-state index in [0.29, 0.717) is 12.0 Å². The molecule has 5 unspecified atom stereocenters. The van der Waals surface area contributed by atoms with E-state index in [4.69, 9.17) is 4.74 Å². The van der Waals surface area contributed by atoms with Gasteiger partial charge in [-0.2, -0.15) is 0 Å². The molecule has 2 bridgehead atoms. The highest BCUT2D eigenvalue weighted by Crippen LogP contribution is 2.54. The van der Waals surface area contributed by atoms with E-state index in [9.17, 15) is 0 Å². The molecule has 1 nitrogen and oxygen atoms in total. The first kappa shape index (κ1) is 11.4. The van der Waals surface area contributed by atoms with Gasteiger partial charge in [-0.15, -0.1) is 0 Å². The number of ether oxygens (including phenoxy) is 1. The minimum Gasteiger partial charge on any atom is -0.378 e. The molecule has 0 radical (unpaired) electrons. The van der Waals surface area contributed by atoms with Crippen LogP contribution in [0.5, 0.6) is 0 Å². The van der Waals surface area contributed by atoms with Crippen LogP contribution in [0.25, 0.3) is 0 Å². The van der Waals surface area contributed by atoms with Crippen LogP contribution in [0.15, 0.2) is 0 Å². The third-order valence-corrected chi connectivity index (χ3v) is 4.66. The topological polar surface area (TPSA) is 9.23 Å². The molecule has 0 aromatic rings. The lowest BCUT2D eigenvalue weighted by Crippen LogP contribution is -2.32. The fourth-order valence-corrected chi connectivity index (χ4v) is 3.93. The van der Waals surface area contributed by atoms with E-state index in [-0.39, 0.29) is 0 Å². The van der Waals surface area contributed by atoms with Crippen LogP contribution in [0.3, 0.4) is 0 Å². The highest BCUT2D eigenvalue weighted by molar-refractivity contribution is 4.99. The van der Waals surface area contributed by atoms with Crippen molar-refractivity contribution in [2.75, 3.05) is 6.61 Å². The molecule has 2 saturated carbocycles. The summed E-state index contributed by atoms with van der Waals surface area (Å²) < 4.78 is 6.06. The van der Waals surface area contributed by atoms with Crippen molar-refractivity contribution in [1.82, 2.24) is 0 Å². The SMILES string of the molecule is CCC1C2CC(OCC(C)C)C(C2)C1C. The van der Waals surface area contributed by atoms with Crippen molar-refractivity contribution < 1.29 is 4.74 Å². The lowest BCUT2D eigenvalue weighted by atomic mass is 9.78. The lowest BCUT2D eigenvalue weighted by Gasteiger charge is -2.33. The van der Waals surface area contributed by atoms with E-state index in [0.717, 1.165) is 30.3 Å². The molecule has 88 valence electrons. The van der Waals surface area contributed by atoms with Crippen LogP contribution in [0.1, 0.15) is 47.0 Å². The summed E-state index contributed by atoms with van der Waals surface area (Å²) in [7, 11) is 0. The number of rotatable bonds is 4. The third kappa shape index (κ3) is 2.08. The molecule has 0 aliphatic heterocycles. The molecular weight excluding hydrogens is 184 g/mol. The van der Waals surface area contributed by atoms with Crippen molar-refractivity contribution in [3.8, 4) is 0 Å². The van der Waals surface area contributed by atoms with Crippen molar-refractivity contribution in [2.24, 2.45) is 29.6 Å². The van der Waals surface area contributed by atoms with Gasteiger partial charge in [-0.3, -0.25) is 0 Å². The Labute approximate surface area is 94.6 Å². The van der Waals surface area contributed by atoms with Crippen LogP contribution in [-0.2, 0) is 4.74 Å². The molecule has 0 aromatic heterocycles.